The highest BCUT2D eigenvalue weighted by molar-refractivity contribution is 6.07. The molecule has 0 spiro atoms. The van der Waals surface area contributed by atoms with Gasteiger partial charge in [0.25, 0.3) is 5.91 Å². The molecule has 5 rings (SSSR count). The van der Waals surface area contributed by atoms with Crippen LogP contribution in [0.2, 0.25) is 0 Å². The molecule has 1 aliphatic rings. The Hall–Kier alpha value is -3.60. The van der Waals surface area contributed by atoms with E-state index in [0.29, 0.717) is 35.2 Å². The predicted molar refractivity (Wildman–Crippen MR) is 110 cm³/mol. The molecule has 4 nitrogen and oxygen atoms in total. The van der Waals surface area contributed by atoms with Crippen molar-refractivity contribution in [2.45, 2.75) is 13.0 Å². The summed E-state index contributed by atoms with van der Waals surface area (Å²) in [5.74, 6) is -0.484. The van der Waals surface area contributed by atoms with Crippen LogP contribution in [-0.4, -0.2) is 27.3 Å². The number of benzene rings is 2. The van der Waals surface area contributed by atoms with Crippen LogP contribution in [-0.2, 0) is 13.0 Å². The molecular formula is C24H18FN3O. The normalized spacial score (nSPS) is 13.3. The summed E-state index contributed by atoms with van der Waals surface area (Å²) in [4.78, 5) is 24.0. The van der Waals surface area contributed by atoms with E-state index in [1.54, 1.807) is 24.5 Å². The molecule has 1 aliphatic heterocycles. The number of carbonyl (C=O) groups is 1. The third kappa shape index (κ3) is 3.25. The SMILES string of the molecule is O=C(c1cc(-c2ccncc2)nc2ccc(F)cc12)N1CCc2ccccc2C1. The van der Waals surface area contributed by atoms with Crippen LogP contribution in [0, 0.1) is 5.82 Å². The van der Waals surface area contributed by atoms with Crippen molar-refractivity contribution < 1.29 is 9.18 Å². The molecule has 1 amide bonds. The standard InChI is InChI=1S/C24H18FN3O/c25-19-5-6-22-20(13-19)21(14-23(27-22)17-7-10-26-11-8-17)24(29)28-12-9-16-3-1-2-4-18(16)15-28/h1-8,10-11,13-14H,9,12,15H2. The number of aromatic nitrogens is 2. The molecule has 0 saturated carbocycles. The molecule has 0 radical (unpaired) electrons. The van der Waals surface area contributed by atoms with E-state index in [4.69, 9.17) is 0 Å². The third-order valence-electron chi connectivity index (χ3n) is 5.40. The second-order valence-corrected chi connectivity index (χ2v) is 7.20. The number of pyridine rings is 2. The van der Waals surface area contributed by atoms with Gasteiger partial charge in [-0.05, 0) is 53.9 Å². The zero-order chi connectivity index (χ0) is 19.8. The smallest absolute Gasteiger partial charge is 0.254 e. The van der Waals surface area contributed by atoms with E-state index in [2.05, 4.69) is 22.1 Å². The van der Waals surface area contributed by atoms with Gasteiger partial charge in [-0.1, -0.05) is 24.3 Å². The number of hydrogen-bond acceptors (Lipinski definition) is 3. The lowest BCUT2D eigenvalue weighted by Crippen LogP contribution is -2.36. The van der Waals surface area contributed by atoms with Gasteiger partial charge >= 0.3 is 0 Å². The minimum atomic E-state index is -0.381. The van der Waals surface area contributed by atoms with Crippen LogP contribution in [0.4, 0.5) is 4.39 Å². The van der Waals surface area contributed by atoms with Crippen LogP contribution >= 0.6 is 0 Å². The van der Waals surface area contributed by atoms with E-state index in [9.17, 15) is 9.18 Å². The summed E-state index contributed by atoms with van der Waals surface area (Å²) in [5.41, 5.74) is 5.05. The first kappa shape index (κ1) is 17.5. The van der Waals surface area contributed by atoms with Crippen LogP contribution < -0.4 is 0 Å². The van der Waals surface area contributed by atoms with Gasteiger partial charge < -0.3 is 4.90 Å². The third-order valence-corrected chi connectivity index (χ3v) is 5.40. The molecule has 0 fully saturated rings. The minimum absolute atomic E-state index is 0.104. The summed E-state index contributed by atoms with van der Waals surface area (Å²) < 4.78 is 14.0. The lowest BCUT2D eigenvalue weighted by molar-refractivity contribution is 0.0736. The molecule has 0 bridgehead atoms. The van der Waals surface area contributed by atoms with Gasteiger partial charge in [0, 0.05) is 36.4 Å². The number of hydrogen-bond donors (Lipinski definition) is 0. The average molecular weight is 383 g/mol. The first-order valence-electron chi connectivity index (χ1n) is 9.56. The van der Waals surface area contributed by atoms with Gasteiger partial charge in [0.15, 0.2) is 0 Å². The monoisotopic (exact) mass is 383 g/mol. The lowest BCUT2D eigenvalue weighted by Gasteiger charge is -2.29. The fourth-order valence-electron chi connectivity index (χ4n) is 3.88. The fraction of sp³-hybridized carbons (Fsp3) is 0.125. The number of nitrogens with zero attached hydrogens (tertiary/aromatic N) is 3. The van der Waals surface area contributed by atoms with E-state index in [1.165, 1.54) is 17.7 Å². The Balaban J connectivity index is 1.61. The Kier molecular flexibility index (Phi) is 4.28. The molecule has 0 N–H and O–H groups in total. The van der Waals surface area contributed by atoms with Crippen molar-refractivity contribution in [1.29, 1.82) is 0 Å². The Labute approximate surface area is 167 Å². The maximum absolute atomic E-state index is 14.0. The Morgan fingerprint density at radius 1 is 0.966 bits per heavy atom. The lowest BCUT2D eigenvalue weighted by atomic mass is 9.98. The number of amides is 1. The number of halogens is 1. The predicted octanol–water partition coefficient (Wildman–Crippen LogP) is 4.63. The summed E-state index contributed by atoms with van der Waals surface area (Å²) in [5, 5.41) is 0.534. The number of fused-ring (bicyclic) bond motifs is 2. The molecule has 29 heavy (non-hydrogen) atoms. The van der Waals surface area contributed by atoms with Crippen LogP contribution in [0.3, 0.4) is 0 Å². The zero-order valence-electron chi connectivity index (χ0n) is 15.7. The van der Waals surface area contributed by atoms with Gasteiger partial charge in [-0.15, -0.1) is 0 Å². The molecule has 2 aromatic heterocycles. The summed E-state index contributed by atoms with van der Waals surface area (Å²) in [6, 6.07) is 18.0. The van der Waals surface area contributed by atoms with Crippen molar-refractivity contribution in [2.24, 2.45) is 0 Å². The van der Waals surface area contributed by atoms with E-state index in [1.807, 2.05) is 29.2 Å². The Morgan fingerprint density at radius 2 is 1.76 bits per heavy atom. The van der Waals surface area contributed by atoms with Gasteiger partial charge in [0.2, 0.25) is 0 Å². The van der Waals surface area contributed by atoms with Crippen LogP contribution in [0.1, 0.15) is 21.5 Å². The Morgan fingerprint density at radius 3 is 2.59 bits per heavy atom. The summed E-state index contributed by atoms with van der Waals surface area (Å²) in [7, 11) is 0. The van der Waals surface area contributed by atoms with Crippen molar-refractivity contribution in [3.05, 3.63) is 95.6 Å². The molecule has 0 unspecified atom stereocenters. The summed E-state index contributed by atoms with van der Waals surface area (Å²) >= 11 is 0. The van der Waals surface area contributed by atoms with E-state index >= 15 is 0 Å². The summed E-state index contributed by atoms with van der Waals surface area (Å²) in [6.45, 7) is 1.19. The van der Waals surface area contributed by atoms with Gasteiger partial charge in [0.05, 0.1) is 16.8 Å². The van der Waals surface area contributed by atoms with Crippen molar-refractivity contribution >= 4 is 16.8 Å². The topological polar surface area (TPSA) is 46.1 Å². The number of rotatable bonds is 2. The molecule has 3 heterocycles. The maximum Gasteiger partial charge on any atom is 0.254 e. The van der Waals surface area contributed by atoms with Gasteiger partial charge in [-0.3, -0.25) is 9.78 Å². The molecule has 2 aromatic carbocycles. The van der Waals surface area contributed by atoms with Crippen molar-refractivity contribution in [3.63, 3.8) is 0 Å². The highest BCUT2D eigenvalue weighted by Gasteiger charge is 2.24. The molecule has 5 heteroatoms. The highest BCUT2D eigenvalue weighted by Crippen LogP contribution is 2.28. The van der Waals surface area contributed by atoms with E-state index in [0.717, 1.165) is 17.5 Å². The first-order valence-corrected chi connectivity index (χ1v) is 9.56. The van der Waals surface area contributed by atoms with Gasteiger partial charge in [-0.25, -0.2) is 9.37 Å². The zero-order valence-corrected chi connectivity index (χ0v) is 15.7. The van der Waals surface area contributed by atoms with Crippen LogP contribution in [0.15, 0.2) is 73.1 Å². The second kappa shape index (κ2) is 7.09. The Bertz CT molecular complexity index is 1220. The first-order chi connectivity index (χ1) is 14.2. The average Bonchev–Trinajstić information content (AvgIpc) is 2.78. The molecule has 0 atom stereocenters. The molecule has 142 valence electrons. The fourth-order valence-corrected chi connectivity index (χ4v) is 3.88. The van der Waals surface area contributed by atoms with E-state index in [-0.39, 0.29) is 11.7 Å². The van der Waals surface area contributed by atoms with E-state index < -0.39 is 0 Å². The highest BCUT2D eigenvalue weighted by atomic mass is 19.1. The largest absolute Gasteiger partial charge is 0.334 e. The van der Waals surface area contributed by atoms with Gasteiger partial charge in [-0.2, -0.15) is 0 Å². The van der Waals surface area contributed by atoms with Crippen LogP contribution in [0.25, 0.3) is 22.2 Å². The molecule has 4 aromatic rings. The molecule has 0 aliphatic carbocycles. The quantitative estimate of drug-likeness (QED) is 0.507. The maximum atomic E-state index is 14.0. The minimum Gasteiger partial charge on any atom is -0.334 e. The van der Waals surface area contributed by atoms with Crippen molar-refractivity contribution in [3.8, 4) is 11.3 Å². The molecule has 0 saturated heterocycles. The van der Waals surface area contributed by atoms with Crippen molar-refractivity contribution in [1.82, 2.24) is 14.9 Å². The van der Waals surface area contributed by atoms with Crippen LogP contribution in [0.5, 0.6) is 0 Å². The van der Waals surface area contributed by atoms with Crippen molar-refractivity contribution in [2.75, 3.05) is 6.54 Å². The number of carbonyl (C=O) groups excluding carboxylic acids is 1. The second-order valence-electron chi connectivity index (χ2n) is 7.20. The van der Waals surface area contributed by atoms with Gasteiger partial charge in [0.1, 0.15) is 5.82 Å². The molecular weight excluding hydrogens is 365 g/mol. The summed E-state index contributed by atoms with van der Waals surface area (Å²) in [6.07, 6.45) is 4.19.